The van der Waals surface area contributed by atoms with Gasteiger partial charge in [0, 0.05) is 24.0 Å². The molecule has 0 radical (unpaired) electrons. The highest BCUT2D eigenvalue weighted by molar-refractivity contribution is 5.97. The van der Waals surface area contributed by atoms with Gasteiger partial charge in [0.15, 0.2) is 0 Å². The lowest BCUT2D eigenvalue weighted by atomic mass is 9.93. The first-order valence-corrected chi connectivity index (χ1v) is 9.34. The van der Waals surface area contributed by atoms with Crippen molar-refractivity contribution in [3.63, 3.8) is 0 Å². The van der Waals surface area contributed by atoms with E-state index in [-0.39, 0.29) is 5.91 Å². The van der Waals surface area contributed by atoms with Gasteiger partial charge >= 0.3 is 0 Å². The van der Waals surface area contributed by atoms with Crippen molar-refractivity contribution in [3.05, 3.63) is 47.0 Å². The molecule has 27 heavy (non-hydrogen) atoms. The van der Waals surface area contributed by atoms with Crippen LogP contribution in [-0.4, -0.2) is 25.2 Å². The smallest absolute Gasteiger partial charge is 0.253 e. The number of nitriles is 1. The third-order valence-corrected chi connectivity index (χ3v) is 5.23. The second-order valence-corrected chi connectivity index (χ2v) is 7.28. The number of ether oxygens (including phenoxy) is 2. The molecule has 0 spiro atoms. The highest BCUT2D eigenvalue weighted by Gasteiger charge is 2.29. The van der Waals surface area contributed by atoms with Crippen LogP contribution in [0.15, 0.2) is 30.3 Å². The van der Waals surface area contributed by atoms with Gasteiger partial charge < -0.3 is 14.8 Å². The zero-order chi connectivity index (χ0) is 19.0. The summed E-state index contributed by atoms with van der Waals surface area (Å²) in [5.41, 5.74) is 5.07. The van der Waals surface area contributed by atoms with Crippen LogP contribution >= 0.6 is 0 Å². The molecule has 0 aromatic heterocycles. The molecular weight excluding hydrogens is 340 g/mol. The molecule has 0 aliphatic carbocycles. The van der Waals surface area contributed by atoms with Crippen LogP contribution in [0.2, 0.25) is 0 Å². The summed E-state index contributed by atoms with van der Waals surface area (Å²) < 4.78 is 11.1. The van der Waals surface area contributed by atoms with E-state index in [0.29, 0.717) is 43.2 Å². The maximum absolute atomic E-state index is 12.4. The number of carbonyl (C=O) groups excluding carboxylic acids is 1. The van der Waals surface area contributed by atoms with E-state index in [9.17, 15) is 10.1 Å². The third kappa shape index (κ3) is 3.17. The molecule has 1 fully saturated rings. The molecule has 0 bridgehead atoms. The van der Waals surface area contributed by atoms with Crippen molar-refractivity contribution in [2.75, 3.05) is 18.5 Å². The fourth-order valence-corrected chi connectivity index (χ4v) is 3.52. The van der Waals surface area contributed by atoms with Crippen LogP contribution in [0.5, 0.6) is 5.75 Å². The Labute approximate surface area is 158 Å². The first-order valence-electron chi connectivity index (χ1n) is 9.34. The Bertz CT molecular complexity index is 922. The van der Waals surface area contributed by atoms with Crippen LogP contribution in [0.3, 0.4) is 0 Å². The van der Waals surface area contributed by atoms with Crippen LogP contribution in [0.4, 0.5) is 5.69 Å². The number of nitrogens with zero attached hydrogens (tertiary/aromatic N) is 1. The van der Waals surface area contributed by atoms with Gasteiger partial charge in [-0.2, -0.15) is 5.26 Å². The minimum Gasteiger partial charge on any atom is -0.492 e. The van der Waals surface area contributed by atoms with E-state index in [1.54, 1.807) is 0 Å². The summed E-state index contributed by atoms with van der Waals surface area (Å²) in [6, 6.07) is 12.5. The van der Waals surface area contributed by atoms with Crippen molar-refractivity contribution in [3.8, 4) is 22.9 Å². The second kappa shape index (κ2) is 7.05. The van der Waals surface area contributed by atoms with Gasteiger partial charge in [-0.3, -0.25) is 4.79 Å². The van der Waals surface area contributed by atoms with E-state index in [1.807, 2.05) is 6.07 Å². The van der Waals surface area contributed by atoms with E-state index in [4.69, 9.17) is 9.47 Å². The largest absolute Gasteiger partial charge is 0.492 e. The minimum atomic E-state index is -0.421. The van der Waals surface area contributed by atoms with Crippen LogP contribution in [-0.2, 0) is 16.0 Å². The Morgan fingerprint density at radius 3 is 2.59 bits per heavy atom. The average Bonchev–Trinajstić information content (AvgIpc) is 3.09. The highest BCUT2D eigenvalue weighted by atomic mass is 16.5. The van der Waals surface area contributed by atoms with Gasteiger partial charge in [0.1, 0.15) is 17.9 Å². The second-order valence-electron chi connectivity index (χ2n) is 7.28. The summed E-state index contributed by atoms with van der Waals surface area (Å²) >= 11 is 0. The zero-order valence-electron chi connectivity index (χ0n) is 15.5. The highest BCUT2D eigenvalue weighted by Crippen LogP contribution is 2.42. The number of benzene rings is 2. The van der Waals surface area contributed by atoms with Crippen molar-refractivity contribution in [1.29, 1.82) is 5.26 Å². The number of hydrogen-bond acceptors (Lipinski definition) is 4. The van der Waals surface area contributed by atoms with Crippen molar-refractivity contribution in [2.24, 2.45) is 0 Å². The van der Waals surface area contributed by atoms with Crippen molar-refractivity contribution < 1.29 is 14.3 Å². The number of hydrogen-bond donors (Lipinski definition) is 1. The fourth-order valence-electron chi connectivity index (χ4n) is 3.52. The molecule has 4 rings (SSSR count). The summed E-state index contributed by atoms with van der Waals surface area (Å²) in [4.78, 5) is 12.4. The number of nitrogens with one attached hydrogen (secondary N) is 1. The van der Waals surface area contributed by atoms with Gasteiger partial charge in [-0.15, -0.1) is 0 Å². The average molecular weight is 362 g/mol. The first kappa shape index (κ1) is 17.6. The lowest BCUT2D eigenvalue weighted by Gasteiger charge is -2.25. The molecular formula is C22H22N2O3. The summed E-state index contributed by atoms with van der Waals surface area (Å²) in [6.45, 7) is 5.47. The Balaban J connectivity index is 1.77. The number of rotatable bonds is 4. The Kier molecular flexibility index (Phi) is 4.59. The maximum atomic E-state index is 12.4. The summed E-state index contributed by atoms with van der Waals surface area (Å²) in [7, 11) is 0. The molecule has 0 saturated carbocycles. The maximum Gasteiger partial charge on any atom is 0.253 e. The number of carbonyl (C=O) groups is 1. The fraction of sp³-hybridized carbons (Fsp3) is 0.364. The molecule has 138 valence electrons. The van der Waals surface area contributed by atoms with E-state index in [2.05, 4.69) is 49.5 Å². The predicted octanol–water partition coefficient (Wildman–Crippen LogP) is 4.01. The molecule has 1 N–H and O–H groups in total. The quantitative estimate of drug-likeness (QED) is 0.892. The van der Waals surface area contributed by atoms with Gasteiger partial charge in [0.05, 0.1) is 24.5 Å². The standard InChI is InChI=1S/C22H22N2O3/c1-13(2)14-3-5-15(6-4-14)17-11-19(24-22(25)20-8-10-26-20)18(12-23)16-7-9-27-21(16)17/h3-6,11,13,20H,7-10H2,1-2H3,(H,24,25)/t20-/m1/s1. The predicted molar refractivity (Wildman–Crippen MR) is 103 cm³/mol. The molecule has 2 aromatic carbocycles. The van der Waals surface area contributed by atoms with Gasteiger partial charge in [0.25, 0.3) is 5.91 Å². The third-order valence-electron chi connectivity index (χ3n) is 5.23. The molecule has 5 nitrogen and oxygen atoms in total. The number of fused-ring (bicyclic) bond motifs is 1. The van der Waals surface area contributed by atoms with E-state index < -0.39 is 6.10 Å². The minimum absolute atomic E-state index is 0.197. The molecule has 2 aliphatic rings. The van der Waals surface area contributed by atoms with Crippen LogP contribution in [0.1, 0.15) is 42.9 Å². The number of amides is 1. The topological polar surface area (TPSA) is 71.3 Å². The van der Waals surface area contributed by atoms with Gasteiger partial charge in [0.2, 0.25) is 0 Å². The zero-order valence-corrected chi connectivity index (χ0v) is 15.5. The summed E-state index contributed by atoms with van der Waals surface area (Å²) in [6.07, 6.45) is 0.958. The lowest BCUT2D eigenvalue weighted by molar-refractivity contribution is -0.139. The van der Waals surface area contributed by atoms with Crippen LogP contribution in [0, 0.1) is 11.3 Å². The summed E-state index contributed by atoms with van der Waals surface area (Å²) in [5, 5.41) is 12.6. The monoisotopic (exact) mass is 362 g/mol. The first-order chi connectivity index (χ1) is 13.1. The molecule has 2 aliphatic heterocycles. The van der Waals surface area contributed by atoms with E-state index in [0.717, 1.165) is 22.4 Å². The number of anilines is 1. The van der Waals surface area contributed by atoms with Crippen LogP contribution in [0.25, 0.3) is 11.1 Å². The van der Waals surface area contributed by atoms with E-state index in [1.165, 1.54) is 5.56 Å². The molecule has 2 heterocycles. The van der Waals surface area contributed by atoms with Crippen molar-refractivity contribution in [2.45, 2.75) is 38.7 Å². The molecule has 1 atom stereocenters. The van der Waals surface area contributed by atoms with Gasteiger partial charge in [-0.1, -0.05) is 38.1 Å². The molecule has 1 saturated heterocycles. The van der Waals surface area contributed by atoms with E-state index >= 15 is 0 Å². The lowest BCUT2D eigenvalue weighted by Crippen LogP contribution is -2.39. The van der Waals surface area contributed by atoms with Crippen molar-refractivity contribution >= 4 is 11.6 Å². The SMILES string of the molecule is CC(C)c1ccc(-c2cc(NC(=O)[C@H]3CCO3)c(C#N)c3c2OCC3)cc1. The molecule has 2 aromatic rings. The van der Waals surface area contributed by atoms with Gasteiger partial charge in [-0.25, -0.2) is 0 Å². The van der Waals surface area contributed by atoms with Crippen LogP contribution < -0.4 is 10.1 Å². The molecule has 5 heteroatoms. The Morgan fingerprint density at radius 2 is 2.00 bits per heavy atom. The summed E-state index contributed by atoms with van der Waals surface area (Å²) in [5.74, 6) is 1.01. The van der Waals surface area contributed by atoms with Crippen molar-refractivity contribution in [1.82, 2.24) is 0 Å². The Morgan fingerprint density at radius 1 is 1.26 bits per heavy atom. The molecule has 1 amide bonds. The molecule has 0 unspecified atom stereocenters. The normalized spacial score (nSPS) is 17.6. The van der Waals surface area contributed by atoms with Gasteiger partial charge in [-0.05, 0) is 23.1 Å². The Hall–Kier alpha value is -2.84.